The Kier molecular flexibility index (Phi) is 4.61. The molecule has 2 heterocycles. The van der Waals surface area contributed by atoms with Gasteiger partial charge in [0.25, 0.3) is 5.56 Å². The summed E-state index contributed by atoms with van der Waals surface area (Å²) < 4.78 is 12.5. The molecule has 0 amide bonds. The normalized spacial score (nSPS) is 10.4. The fraction of sp³-hybridized carbons (Fsp3) is 0.158. The fourth-order valence-corrected chi connectivity index (χ4v) is 2.46. The van der Waals surface area contributed by atoms with Crippen LogP contribution in [0.2, 0.25) is 0 Å². The van der Waals surface area contributed by atoms with Crippen LogP contribution in [0, 0.1) is 6.92 Å². The average Bonchev–Trinajstić information content (AvgIpc) is 2.62. The molecule has 0 aliphatic rings. The van der Waals surface area contributed by atoms with Crippen molar-refractivity contribution in [2.24, 2.45) is 0 Å². The minimum absolute atomic E-state index is 0.191. The lowest BCUT2D eigenvalue weighted by Crippen LogP contribution is -2.22. The zero-order valence-electron chi connectivity index (χ0n) is 13.6. The first kappa shape index (κ1) is 15.8. The van der Waals surface area contributed by atoms with Crippen molar-refractivity contribution in [2.45, 2.75) is 13.5 Å². The lowest BCUT2D eigenvalue weighted by Gasteiger charge is -2.13. The third-order valence-corrected chi connectivity index (χ3v) is 3.69. The van der Waals surface area contributed by atoms with Crippen LogP contribution >= 0.6 is 0 Å². The maximum absolute atomic E-state index is 12.7. The van der Waals surface area contributed by atoms with Crippen molar-refractivity contribution >= 4 is 0 Å². The Morgan fingerprint density at radius 3 is 2.62 bits per heavy atom. The number of hydrogen-bond acceptors (Lipinski definition) is 4. The van der Waals surface area contributed by atoms with Gasteiger partial charge < -0.3 is 9.47 Å². The second kappa shape index (κ2) is 7.00. The maximum Gasteiger partial charge on any atom is 0.297 e. The van der Waals surface area contributed by atoms with Crippen LogP contribution in [0.4, 0.5) is 0 Å². The third-order valence-electron chi connectivity index (χ3n) is 3.69. The molecule has 5 nitrogen and oxygen atoms in total. The van der Waals surface area contributed by atoms with Gasteiger partial charge in [-0.1, -0.05) is 12.1 Å². The topological polar surface area (TPSA) is 53.4 Å². The summed E-state index contributed by atoms with van der Waals surface area (Å²) in [7, 11) is 1.62. The first-order valence-corrected chi connectivity index (χ1v) is 7.58. The van der Waals surface area contributed by atoms with Gasteiger partial charge in [-0.25, -0.2) is 0 Å². The van der Waals surface area contributed by atoms with E-state index >= 15 is 0 Å². The second-order valence-corrected chi connectivity index (χ2v) is 5.33. The molecule has 24 heavy (non-hydrogen) atoms. The second-order valence-electron chi connectivity index (χ2n) is 5.33. The molecule has 0 saturated carbocycles. The highest BCUT2D eigenvalue weighted by Crippen LogP contribution is 2.16. The third kappa shape index (κ3) is 3.30. The van der Waals surface area contributed by atoms with E-state index in [0.29, 0.717) is 12.4 Å². The van der Waals surface area contributed by atoms with Crippen LogP contribution in [0.15, 0.2) is 65.7 Å². The number of ether oxygens (including phenoxy) is 2. The van der Waals surface area contributed by atoms with Gasteiger partial charge in [0.1, 0.15) is 12.4 Å². The van der Waals surface area contributed by atoms with Crippen molar-refractivity contribution in [3.63, 3.8) is 0 Å². The lowest BCUT2D eigenvalue weighted by atomic mass is 10.2. The summed E-state index contributed by atoms with van der Waals surface area (Å²) in [6.45, 7) is 2.18. The van der Waals surface area contributed by atoms with Crippen molar-refractivity contribution in [2.75, 3.05) is 7.11 Å². The standard InChI is InChI=1S/C19H18N2O3/c1-14-6-7-18(19(22)21(14)16-8-10-20-11-9-16)24-13-15-4-3-5-17(12-15)23-2/h3-12H,13H2,1-2H3. The van der Waals surface area contributed by atoms with Crippen molar-refractivity contribution < 1.29 is 9.47 Å². The first-order valence-electron chi connectivity index (χ1n) is 7.58. The van der Waals surface area contributed by atoms with E-state index in [1.54, 1.807) is 42.3 Å². The van der Waals surface area contributed by atoms with E-state index < -0.39 is 0 Å². The maximum atomic E-state index is 12.7. The Bertz CT molecular complexity index is 889. The van der Waals surface area contributed by atoms with Gasteiger partial charge in [-0.2, -0.15) is 0 Å². The molecule has 0 saturated heterocycles. The van der Waals surface area contributed by atoms with Crippen LogP contribution in [0.3, 0.4) is 0 Å². The summed E-state index contributed by atoms with van der Waals surface area (Å²) in [5.41, 5.74) is 2.34. The van der Waals surface area contributed by atoms with Gasteiger partial charge >= 0.3 is 0 Å². The highest BCUT2D eigenvalue weighted by molar-refractivity contribution is 5.35. The molecule has 0 radical (unpaired) electrons. The molecular weight excluding hydrogens is 304 g/mol. The zero-order valence-corrected chi connectivity index (χ0v) is 13.6. The molecule has 0 aliphatic carbocycles. The molecule has 0 fully saturated rings. The first-order chi connectivity index (χ1) is 11.7. The van der Waals surface area contributed by atoms with Gasteiger partial charge in [0, 0.05) is 18.1 Å². The van der Waals surface area contributed by atoms with Gasteiger partial charge in [-0.15, -0.1) is 0 Å². The van der Waals surface area contributed by atoms with E-state index in [1.807, 2.05) is 37.3 Å². The largest absolute Gasteiger partial charge is 0.497 e. The molecule has 0 unspecified atom stereocenters. The van der Waals surface area contributed by atoms with Gasteiger partial charge in [-0.3, -0.25) is 14.3 Å². The van der Waals surface area contributed by atoms with Crippen molar-refractivity contribution in [3.8, 4) is 17.2 Å². The number of aromatic nitrogens is 2. The number of nitrogens with zero attached hydrogens (tertiary/aromatic N) is 2. The number of rotatable bonds is 5. The Labute approximate surface area is 140 Å². The van der Waals surface area contributed by atoms with E-state index in [2.05, 4.69) is 4.98 Å². The van der Waals surface area contributed by atoms with Crippen LogP contribution in [-0.4, -0.2) is 16.7 Å². The van der Waals surface area contributed by atoms with Crippen LogP contribution in [0.25, 0.3) is 5.69 Å². The highest BCUT2D eigenvalue weighted by Gasteiger charge is 2.09. The van der Waals surface area contributed by atoms with Crippen molar-refractivity contribution in [3.05, 3.63) is 82.5 Å². The monoisotopic (exact) mass is 322 g/mol. The molecule has 3 rings (SSSR count). The molecule has 0 bridgehead atoms. The quantitative estimate of drug-likeness (QED) is 0.724. The van der Waals surface area contributed by atoms with Crippen molar-refractivity contribution in [1.82, 2.24) is 9.55 Å². The SMILES string of the molecule is COc1cccc(COc2ccc(C)n(-c3ccncc3)c2=O)c1. The van der Waals surface area contributed by atoms with Crippen LogP contribution < -0.4 is 15.0 Å². The highest BCUT2D eigenvalue weighted by atomic mass is 16.5. The number of methoxy groups -OCH3 is 1. The summed E-state index contributed by atoms with van der Waals surface area (Å²) >= 11 is 0. The minimum atomic E-state index is -0.191. The van der Waals surface area contributed by atoms with E-state index in [4.69, 9.17) is 9.47 Å². The van der Waals surface area contributed by atoms with E-state index in [1.165, 1.54) is 0 Å². The Balaban J connectivity index is 1.88. The summed E-state index contributed by atoms with van der Waals surface area (Å²) in [4.78, 5) is 16.7. The summed E-state index contributed by atoms with van der Waals surface area (Å²) in [5.74, 6) is 1.06. The summed E-state index contributed by atoms with van der Waals surface area (Å²) in [6, 6.07) is 14.7. The predicted octanol–water partition coefficient (Wildman–Crippen LogP) is 3.13. The summed E-state index contributed by atoms with van der Waals surface area (Å²) in [6.07, 6.45) is 3.32. The van der Waals surface area contributed by atoms with Gasteiger partial charge in [0.05, 0.1) is 12.8 Å². The zero-order chi connectivity index (χ0) is 16.9. The molecule has 0 N–H and O–H groups in total. The van der Waals surface area contributed by atoms with Crippen molar-refractivity contribution in [1.29, 1.82) is 0 Å². The van der Waals surface area contributed by atoms with E-state index in [-0.39, 0.29) is 5.56 Å². The molecule has 1 aromatic carbocycles. The predicted molar refractivity (Wildman–Crippen MR) is 91.9 cm³/mol. The number of aryl methyl sites for hydroxylation is 1. The molecule has 122 valence electrons. The van der Waals surface area contributed by atoms with Gasteiger partial charge in [0.2, 0.25) is 0 Å². The molecule has 5 heteroatoms. The molecule has 2 aromatic heterocycles. The Morgan fingerprint density at radius 1 is 1.08 bits per heavy atom. The van der Waals surface area contributed by atoms with Gasteiger partial charge in [-0.05, 0) is 48.9 Å². The summed E-state index contributed by atoms with van der Waals surface area (Å²) in [5, 5.41) is 0. The van der Waals surface area contributed by atoms with E-state index in [0.717, 1.165) is 22.7 Å². The Hall–Kier alpha value is -3.08. The molecular formula is C19H18N2O3. The fourth-order valence-electron chi connectivity index (χ4n) is 2.46. The number of benzene rings is 1. The molecule has 0 atom stereocenters. The smallest absolute Gasteiger partial charge is 0.297 e. The van der Waals surface area contributed by atoms with E-state index in [9.17, 15) is 4.79 Å². The van der Waals surface area contributed by atoms with Crippen LogP contribution in [0.5, 0.6) is 11.5 Å². The average molecular weight is 322 g/mol. The molecule has 0 aliphatic heterocycles. The Morgan fingerprint density at radius 2 is 1.88 bits per heavy atom. The lowest BCUT2D eigenvalue weighted by molar-refractivity contribution is 0.299. The molecule has 3 aromatic rings. The minimum Gasteiger partial charge on any atom is -0.497 e. The molecule has 0 spiro atoms. The van der Waals surface area contributed by atoms with Crippen LogP contribution in [-0.2, 0) is 6.61 Å². The van der Waals surface area contributed by atoms with Gasteiger partial charge in [0.15, 0.2) is 5.75 Å². The number of pyridine rings is 2. The number of hydrogen-bond donors (Lipinski definition) is 0. The van der Waals surface area contributed by atoms with Crippen LogP contribution in [0.1, 0.15) is 11.3 Å².